The van der Waals surface area contributed by atoms with Crippen LogP contribution >= 0.6 is 0 Å². The lowest BCUT2D eigenvalue weighted by Crippen LogP contribution is -2.38. The van der Waals surface area contributed by atoms with Gasteiger partial charge in [-0.25, -0.2) is 0 Å². The third-order valence-electron chi connectivity index (χ3n) is 5.82. The molecule has 0 saturated carbocycles. The molecule has 2 heterocycles. The van der Waals surface area contributed by atoms with Gasteiger partial charge < -0.3 is 20.3 Å². The number of carbonyl (C=O) groups excluding carboxylic acids is 1. The van der Waals surface area contributed by atoms with E-state index in [1.165, 1.54) is 44.5 Å². The van der Waals surface area contributed by atoms with E-state index in [0.29, 0.717) is 6.42 Å². The van der Waals surface area contributed by atoms with E-state index >= 15 is 0 Å². The minimum atomic E-state index is 0.111. The van der Waals surface area contributed by atoms with Gasteiger partial charge in [0.2, 0.25) is 5.91 Å². The van der Waals surface area contributed by atoms with Crippen molar-refractivity contribution in [1.29, 1.82) is 0 Å². The molecule has 1 aromatic rings. The Morgan fingerprint density at radius 3 is 2.21 bits per heavy atom. The van der Waals surface area contributed by atoms with Crippen LogP contribution in [0.2, 0.25) is 0 Å². The lowest BCUT2D eigenvalue weighted by molar-refractivity contribution is -0.120. The number of nitrogens with zero attached hydrogens (tertiary/aromatic N) is 2. The Balaban J connectivity index is 1.22. The maximum Gasteiger partial charge on any atom is 0.224 e. The summed E-state index contributed by atoms with van der Waals surface area (Å²) in [6, 6.07) is 8.42. The molecule has 1 amide bonds. The van der Waals surface area contributed by atoms with Crippen LogP contribution in [0.15, 0.2) is 24.3 Å². The normalized spacial score (nSPS) is 18.2. The van der Waals surface area contributed by atoms with Gasteiger partial charge in [0, 0.05) is 26.2 Å². The zero-order valence-electron chi connectivity index (χ0n) is 17.8. The number of hydrogen-bond donors (Lipinski definition) is 2. The summed E-state index contributed by atoms with van der Waals surface area (Å²) in [6.07, 6.45) is 5.40. The van der Waals surface area contributed by atoms with E-state index in [2.05, 4.69) is 44.7 Å². The molecule has 0 aromatic heterocycles. The van der Waals surface area contributed by atoms with Crippen LogP contribution in [0.3, 0.4) is 0 Å². The van der Waals surface area contributed by atoms with Crippen molar-refractivity contribution in [2.75, 3.05) is 65.6 Å². The summed E-state index contributed by atoms with van der Waals surface area (Å²) in [5, 5.41) is 6.57. The molecule has 1 aromatic carbocycles. The summed E-state index contributed by atoms with van der Waals surface area (Å²) in [4.78, 5) is 17.1. The Labute approximate surface area is 176 Å². The van der Waals surface area contributed by atoms with E-state index in [1.807, 2.05) is 0 Å². The lowest BCUT2D eigenvalue weighted by atomic mass is 10.1. The SMILES string of the molecule is O=C(Cc1ccc(CNCCCN2CCCC2)cc1)NCCCN1CCOCC1. The summed E-state index contributed by atoms with van der Waals surface area (Å²) in [6.45, 7) is 11.2. The van der Waals surface area contributed by atoms with Gasteiger partial charge >= 0.3 is 0 Å². The summed E-state index contributed by atoms with van der Waals surface area (Å²) >= 11 is 0. The van der Waals surface area contributed by atoms with Crippen LogP contribution in [0.5, 0.6) is 0 Å². The average Bonchev–Trinajstić information content (AvgIpc) is 3.26. The molecule has 2 aliphatic rings. The van der Waals surface area contributed by atoms with Gasteiger partial charge in [-0.15, -0.1) is 0 Å². The first-order chi connectivity index (χ1) is 14.3. The molecule has 0 unspecified atom stereocenters. The van der Waals surface area contributed by atoms with E-state index in [4.69, 9.17) is 4.74 Å². The van der Waals surface area contributed by atoms with E-state index in [1.54, 1.807) is 0 Å². The second kappa shape index (κ2) is 13.0. The van der Waals surface area contributed by atoms with E-state index < -0.39 is 0 Å². The van der Waals surface area contributed by atoms with Crippen molar-refractivity contribution >= 4 is 5.91 Å². The Morgan fingerprint density at radius 2 is 1.48 bits per heavy atom. The van der Waals surface area contributed by atoms with Crippen LogP contribution in [0.25, 0.3) is 0 Å². The minimum Gasteiger partial charge on any atom is -0.379 e. The summed E-state index contributed by atoms with van der Waals surface area (Å²) in [5.41, 5.74) is 2.36. The van der Waals surface area contributed by atoms with Gasteiger partial charge in [0.25, 0.3) is 0 Å². The van der Waals surface area contributed by atoms with Crippen LogP contribution in [-0.2, 0) is 22.5 Å². The third kappa shape index (κ3) is 8.83. The van der Waals surface area contributed by atoms with Crippen molar-refractivity contribution in [3.63, 3.8) is 0 Å². The number of ether oxygens (including phenoxy) is 1. The number of benzene rings is 1. The molecule has 6 heteroatoms. The lowest BCUT2D eigenvalue weighted by Gasteiger charge is -2.26. The van der Waals surface area contributed by atoms with Crippen molar-refractivity contribution in [3.05, 3.63) is 35.4 Å². The quantitative estimate of drug-likeness (QED) is 0.521. The topological polar surface area (TPSA) is 56.8 Å². The largest absolute Gasteiger partial charge is 0.379 e. The smallest absolute Gasteiger partial charge is 0.224 e. The third-order valence-corrected chi connectivity index (χ3v) is 5.82. The second-order valence-corrected chi connectivity index (χ2v) is 8.23. The Hall–Kier alpha value is -1.47. The monoisotopic (exact) mass is 402 g/mol. The maximum atomic E-state index is 12.1. The molecule has 0 bridgehead atoms. The first-order valence-electron chi connectivity index (χ1n) is 11.4. The molecule has 0 radical (unpaired) electrons. The molecule has 2 saturated heterocycles. The molecule has 162 valence electrons. The summed E-state index contributed by atoms with van der Waals surface area (Å²) in [5.74, 6) is 0.111. The highest BCUT2D eigenvalue weighted by atomic mass is 16.5. The number of amides is 1. The number of rotatable bonds is 12. The highest BCUT2D eigenvalue weighted by Gasteiger charge is 2.11. The highest BCUT2D eigenvalue weighted by molar-refractivity contribution is 5.78. The first kappa shape index (κ1) is 22.2. The minimum absolute atomic E-state index is 0.111. The van der Waals surface area contributed by atoms with Crippen LogP contribution in [0.4, 0.5) is 0 Å². The molecule has 29 heavy (non-hydrogen) atoms. The average molecular weight is 403 g/mol. The first-order valence-corrected chi connectivity index (χ1v) is 11.4. The standard InChI is InChI=1S/C23H38N4O2/c28-23(25-10-4-14-27-15-17-29-18-16-27)19-21-5-7-22(8-6-21)20-24-9-3-13-26-11-1-2-12-26/h5-8,24H,1-4,9-20H2,(H,25,28). The molecule has 3 rings (SSSR count). The van der Waals surface area contributed by atoms with Crippen LogP contribution < -0.4 is 10.6 Å². The van der Waals surface area contributed by atoms with Crippen LogP contribution in [0.1, 0.15) is 36.8 Å². The van der Waals surface area contributed by atoms with E-state index in [-0.39, 0.29) is 5.91 Å². The predicted molar refractivity (Wildman–Crippen MR) is 117 cm³/mol. The van der Waals surface area contributed by atoms with Crippen molar-refractivity contribution in [1.82, 2.24) is 20.4 Å². The van der Waals surface area contributed by atoms with Crippen LogP contribution in [0, 0.1) is 0 Å². The van der Waals surface area contributed by atoms with Gasteiger partial charge in [-0.1, -0.05) is 24.3 Å². The van der Waals surface area contributed by atoms with E-state index in [9.17, 15) is 4.79 Å². The fourth-order valence-electron chi connectivity index (χ4n) is 4.04. The summed E-state index contributed by atoms with van der Waals surface area (Å²) in [7, 11) is 0. The summed E-state index contributed by atoms with van der Waals surface area (Å²) < 4.78 is 5.35. The molecule has 2 fully saturated rings. The number of hydrogen-bond acceptors (Lipinski definition) is 5. The maximum absolute atomic E-state index is 12.1. The zero-order valence-corrected chi connectivity index (χ0v) is 17.8. The number of nitrogens with one attached hydrogen (secondary N) is 2. The fourth-order valence-corrected chi connectivity index (χ4v) is 4.04. The Bertz CT molecular complexity index is 581. The van der Waals surface area contributed by atoms with Crippen LogP contribution in [-0.4, -0.2) is 81.3 Å². The van der Waals surface area contributed by atoms with Crippen molar-refractivity contribution in [2.45, 2.75) is 38.6 Å². The predicted octanol–water partition coefficient (Wildman–Crippen LogP) is 1.64. The Morgan fingerprint density at radius 1 is 0.862 bits per heavy atom. The highest BCUT2D eigenvalue weighted by Crippen LogP contribution is 2.08. The molecular weight excluding hydrogens is 364 g/mol. The molecular formula is C23H38N4O2. The van der Waals surface area contributed by atoms with Gasteiger partial charge in [-0.2, -0.15) is 0 Å². The molecule has 2 N–H and O–H groups in total. The van der Waals surface area contributed by atoms with Gasteiger partial charge in [-0.3, -0.25) is 9.69 Å². The van der Waals surface area contributed by atoms with Crippen molar-refractivity contribution < 1.29 is 9.53 Å². The zero-order chi connectivity index (χ0) is 20.2. The van der Waals surface area contributed by atoms with Gasteiger partial charge in [0.1, 0.15) is 0 Å². The van der Waals surface area contributed by atoms with E-state index in [0.717, 1.165) is 64.5 Å². The van der Waals surface area contributed by atoms with Crippen molar-refractivity contribution in [2.24, 2.45) is 0 Å². The van der Waals surface area contributed by atoms with Crippen molar-refractivity contribution in [3.8, 4) is 0 Å². The van der Waals surface area contributed by atoms with Gasteiger partial charge in [-0.05, 0) is 69.5 Å². The molecule has 0 spiro atoms. The molecule has 2 aliphatic heterocycles. The molecule has 6 nitrogen and oxygen atoms in total. The number of morpholine rings is 1. The molecule has 0 aliphatic carbocycles. The number of carbonyl (C=O) groups is 1. The Kier molecular flexibility index (Phi) is 9.93. The van der Waals surface area contributed by atoms with Gasteiger partial charge in [0.05, 0.1) is 19.6 Å². The molecule has 0 atom stereocenters. The number of likely N-dealkylation sites (tertiary alicyclic amines) is 1. The second-order valence-electron chi connectivity index (χ2n) is 8.23. The van der Waals surface area contributed by atoms with Gasteiger partial charge in [0.15, 0.2) is 0 Å². The fraction of sp³-hybridized carbons (Fsp3) is 0.696.